The molecule has 2 N–H and O–H groups in total. The molecule has 0 aliphatic carbocycles. The second kappa shape index (κ2) is 7.32. The number of aliphatic hydroxyl groups is 1. The molecule has 128 valence electrons. The highest BCUT2D eigenvalue weighted by Gasteiger charge is 2.39. The van der Waals surface area contributed by atoms with E-state index < -0.39 is 5.60 Å². The number of benzene rings is 1. The largest absolute Gasteiger partial charge is 0.444 e. The van der Waals surface area contributed by atoms with Gasteiger partial charge in [-0.05, 0) is 39.7 Å². The first kappa shape index (κ1) is 17.8. The lowest BCUT2D eigenvalue weighted by Gasteiger charge is -2.30. The minimum atomic E-state index is -0.528. The van der Waals surface area contributed by atoms with E-state index in [4.69, 9.17) is 4.74 Å². The smallest absolute Gasteiger partial charge is 0.410 e. The first-order chi connectivity index (χ1) is 10.8. The average Bonchev–Trinajstić information content (AvgIpc) is 2.89. The molecule has 5 heteroatoms. The molecule has 0 spiro atoms. The summed E-state index contributed by atoms with van der Waals surface area (Å²) in [5, 5.41) is 13.3. The van der Waals surface area contributed by atoms with Crippen LogP contribution in [0.25, 0.3) is 0 Å². The van der Waals surface area contributed by atoms with Gasteiger partial charge in [-0.1, -0.05) is 30.3 Å². The molecule has 1 aliphatic heterocycles. The van der Waals surface area contributed by atoms with Gasteiger partial charge in [0.2, 0.25) is 0 Å². The molecule has 1 aromatic rings. The summed E-state index contributed by atoms with van der Waals surface area (Å²) in [6.45, 7) is 8.17. The van der Waals surface area contributed by atoms with Crippen LogP contribution in [0.3, 0.4) is 0 Å². The summed E-state index contributed by atoms with van der Waals surface area (Å²) >= 11 is 0. The van der Waals surface area contributed by atoms with Crippen LogP contribution in [0.4, 0.5) is 4.79 Å². The molecule has 0 bridgehead atoms. The van der Waals surface area contributed by atoms with Crippen LogP contribution in [0.15, 0.2) is 30.3 Å². The van der Waals surface area contributed by atoms with Crippen molar-refractivity contribution >= 4 is 6.09 Å². The van der Waals surface area contributed by atoms with Crippen molar-refractivity contribution in [3.05, 3.63) is 35.9 Å². The summed E-state index contributed by atoms with van der Waals surface area (Å²) in [7, 11) is 0. The Bertz CT molecular complexity index is 513. The number of carbonyl (C=O) groups excluding carboxylic acids is 1. The van der Waals surface area contributed by atoms with Gasteiger partial charge in [-0.3, -0.25) is 0 Å². The van der Waals surface area contributed by atoms with E-state index in [1.807, 2.05) is 39.0 Å². The summed E-state index contributed by atoms with van der Waals surface area (Å²) < 4.78 is 5.44. The molecule has 1 aromatic carbocycles. The molecule has 1 fully saturated rings. The predicted octanol–water partition coefficient (Wildman–Crippen LogP) is 2.71. The average molecular weight is 320 g/mol. The number of hydrogen-bond donors (Lipinski definition) is 2. The van der Waals surface area contributed by atoms with E-state index in [1.165, 1.54) is 5.56 Å². The molecule has 0 saturated carbocycles. The fraction of sp³-hybridized carbons (Fsp3) is 0.611. The molecule has 0 aromatic heterocycles. The maximum Gasteiger partial charge on any atom is 0.410 e. The number of carbonyl (C=O) groups is 1. The van der Waals surface area contributed by atoms with Gasteiger partial charge in [-0.15, -0.1) is 0 Å². The van der Waals surface area contributed by atoms with Crippen LogP contribution in [-0.4, -0.2) is 46.9 Å². The van der Waals surface area contributed by atoms with E-state index in [0.29, 0.717) is 6.54 Å². The first-order valence-corrected chi connectivity index (χ1v) is 8.23. The van der Waals surface area contributed by atoms with E-state index >= 15 is 0 Å². The van der Waals surface area contributed by atoms with Crippen LogP contribution in [0.1, 0.15) is 45.7 Å². The van der Waals surface area contributed by atoms with Crippen LogP contribution < -0.4 is 5.32 Å². The van der Waals surface area contributed by atoms with Crippen molar-refractivity contribution in [1.29, 1.82) is 0 Å². The summed E-state index contributed by atoms with van der Waals surface area (Å²) in [4.78, 5) is 13.9. The van der Waals surface area contributed by atoms with E-state index in [1.54, 1.807) is 4.90 Å². The van der Waals surface area contributed by atoms with Crippen molar-refractivity contribution in [3.63, 3.8) is 0 Å². The van der Waals surface area contributed by atoms with Gasteiger partial charge >= 0.3 is 6.09 Å². The molecule has 23 heavy (non-hydrogen) atoms. The third-order valence-electron chi connectivity index (χ3n) is 4.12. The van der Waals surface area contributed by atoms with Gasteiger partial charge in [0.25, 0.3) is 0 Å². The van der Waals surface area contributed by atoms with Crippen molar-refractivity contribution in [2.45, 2.75) is 57.8 Å². The summed E-state index contributed by atoms with van der Waals surface area (Å²) in [6.07, 6.45) is 0.454. The highest BCUT2D eigenvalue weighted by molar-refractivity contribution is 5.69. The van der Waals surface area contributed by atoms with E-state index in [2.05, 4.69) is 24.4 Å². The molecule has 1 saturated heterocycles. The Balaban J connectivity index is 2.00. The molecule has 1 heterocycles. The number of rotatable bonds is 4. The van der Waals surface area contributed by atoms with Crippen LogP contribution in [0.5, 0.6) is 0 Å². The number of nitrogens with one attached hydrogen (secondary N) is 1. The van der Waals surface area contributed by atoms with Gasteiger partial charge in [0.1, 0.15) is 5.60 Å². The quantitative estimate of drug-likeness (QED) is 0.895. The SMILES string of the molecule is C[C@H](N[C@H]1CCN(C(=O)OC(C)(C)C)[C@H]1CO)c1ccccc1. The Hall–Kier alpha value is -1.59. The molecule has 0 unspecified atom stereocenters. The van der Waals surface area contributed by atoms with Crippen LogP contribution in [0, 0.1) is 0 Å². The van der Waals surface area contributed by atoms with Crippen molar-refractivity contribution in [2.24, 2.45) is 0 Å². The topological polar surface area (TPSA) is 61.8 Å². The van der Waals surface area contributed by atoms with Crippen molar-refractivity contribution in [1.82, 2.24) is 10.2 Å². The molecule has 1 amide bonds. The number of aliphatic hydroxyl groups excluding tert-OH is 1. The maximum atomic E-state index is 12.3. The maximum absolute atomic E-state index is 12.3. The van der Waals surface area contributed by atoms with E-state index in [9.17, 15) is 9.90 Å². The van der Waals surface area contributed by atoms with E-state index in [0.717, 1.165) is 6.42 Å². The third-order valence-corrected chi connectivity index (χ3v) is 4.12. The zero-order valence-electron chi connectivity index (χ0n) is 14.5. The van der Waals surface area contributed by atoms with Crippen molar-refractivity contribution in [2.75, 3.05) is 13.2 Å². The molecular formula is C18H28N2O3. The summed E-state index contributed by atoms with van der Waals surface area (Å²) in [6, 6.07) is 10.1. The molecule has 5 nitrogen and oxygen atoms in total. The Morgan fingerprint density at radius 2 is 2.04 bits per heavy atom. The molecule has 3 atom stereocenters. The summed E-state index contributed by atoms with van der Waals surface area (Å²) in [5.41, 5.74) is 0.667. The molecule has 0 radical (unpaired) electrons. The zero-order valence-corrected chi connectivity index (χ0v) is 14.5. The second-order valence-electron chi connectivity index (χ2n) is 7.12. The Labute approximate surface area is 138 Å². The Morgan fingerprint density at radius 1 is 1.39 bits per heavy atom. The second-order valence-corrected chi connectivity index (χ2v) is 7.12. The van der Waals surface area contributed by atoms with Crippen LogP contribution in [0.2, 0.25) is 0 Å². The fourth-order valence-corrected chi connectivity index (χ4v) is 2.98. The first-order valence-electron chi connectivity index (χ1n) is 8.23. The van der Waals surface area contributed by atoms with Gasteiger partial charge in [0.15, 0.2) is 0 Å². The van der Waals surface area contributed by atoms with Gasteiger partial charge < -0.3 is 20.1 Å². The van der Waals surface area contributed by atoms with Crippen LogP contribution >= 0.6 is 0 Å². The van der Waals surface area contributed by atoms with Gasteiger partial charge in [-0.2, -0.15) is 0 Å². The van der Waals surface area contributed by atoms with Crippen molar-refractivity contribution in [3.8, 4) is 0 Å². The lowest BCUT2D eigenvalue weighted by Crippen LogP contribution is -2.48. The highest BCUT2D eigenvalue weighted by atomic mass is 16.6. The number of likely N-dealkylation sites (tertiary alicyclic amines) is 1. The lowest BCUT2D eigenvalue weighted by atomic mass is 10.0. The monoisotopic (exact) mass is 320 g/mol. The molecule has 2 rings (SSSR count). The predicted molar refractivity (Wildman–Crippen MR) is 90.2 cm³/mol. The third kappa shape index (κ3) is 4.69. The van der Waals surface area contributed by atoms with Crippen LogP contribution in [-0.2, 0) is 4.74 Å². The Kier molecular flexibility index (Phi) is 5.65. The van der Waals surface area contributed by atoms with Gasteiger partial charge in [-0.25, -0.2) is 4.79 Å². The normalized spacial score (nSPS) is 22.9. The number of nitrogens with zero attached hydrogens (tertiary/aromatic N) is 1. The minimum Gasteiger partial charge on any atom is -0.444 e. The van der Waals surface area contributed by atoms with E-state index in [-0.39, 0.29) is 30.8 Å². The fourth-order valence-electron chi connectivity index (χ4n) is 2.98. The molecule has 1 aliphatic rings. The Morgan fingerprint density at radius 3 is 2.61 bits per heavy atom. The summed E-state index contributed by atoms with van der Waals surface area (Å²) in [5.74, 6) is 0. The zero-order chi connectivity index (χ0) is 17.0. The molecular weight excluding hydrogens is 292 g/mol. The lowest BCUT2D eigenvalue weighted by molar-refractivity contribution is 0.0157. The number of hydrogen-bond acceptors (Lipinski definition) is 4. The number of amides is 1. The van der Waals surface area contributed by atoms with Gasteiger partial charge in [0, 0.05) is 18.6 Å². The standard InChI is InChI=1S/C18H28N2O3/c1-13(14-8-6-5-7-9-14)19-15-10-11-20(16(15)12-21)17(22)23-18(2,3)4/h5-9,13,15-16,19,21H,10-12H2,1-4H3/t13-,15-,16-/m0/s1. The number of ether oxygens (including phenoxy) is 1. The highest BCUT2D eigenvalue weighted by Crippen LogP contribution is 2.24. The minimum absolute atomic E-state index is 0.0581. The van der Waals surface area contributed by atoms with Crippen molar-refractivity contribution < 1.29 is 14.6 Å². The van der Waals surface area contributed by atoms with Gasteiger partial charge in [0.05, 0.1) is 12.6 Å².